The van der Waals surface area contributed by atoms with Crippen molar-refractivity contribution in [1.82, 2.24) is 20.1 Å². The number of anilines is 1. The molecule has 0 aliphatic carbocycles. The topological polar surface area (TPSA) is 102 Å². The van der Waals surface area contributed by atoms with Gasteiger partial charge in [0.05, 0.1) is 18.1 Å². The number of carbonyl (C=O) groups is 2. The Morgan fingerprint density at radius 2 is 2.10 bits per heavy atom. The predicted molar refractivity (Wildman–Crippen MR) is 111 cm³/mol. The Hall–Kier alpha value is -3.14. The number of aryl methyl sites for hydroxylation is 1. The fraction of sp³-hybridized carbons (Fsp3) is 0.300. The number of thioether (sulfide) groups is 1. The highest BCUT2D eigenvalue weighted by Gasteiger charge is 2.21. The summed E-state index contributed by atoms with van der Waals surface area (Å²) >= 11 is 1.23. The number of furan rings is 1. The average Bonchev–Trinajstić information content (AvgIpc) is 3.38. The van der Waals surface area contributed by atoms with Crippen LogP contribution in [0.15, 0.2) is 46.2 Å². The normalized spacial score (nSPS) is 11.9. The van der Waals surface area contributed by atoms with Crippen molar-refractivity contribution in [3.63, 3.8) is 0 Å². The number of halogens is 1. The van der Waals surface area contributed by atoms with E-state index in [1.54, 1.807) is 26.0 Å². The van der Waals surface area contributed by atoms with Gasteiger partial charge >= 0.3 is 0 Å². The molecule has 0 aliphatic rings. The van der Waals surface area contributed by atoms with Gasteiger partial charge in [0, 0.05) is 12.2 Å². The summed E-state index contributed by atoms with van der Waals surface area (Å²) in [6, 6.07) is 7.01. The monoisotopic (exact) mass is 431 g/mol. The largest absolute Gasteiger partial charge is 0.459 e. The van der Waals surface area contributed by atoms with Gasteiger partial charge in [0.25, 0.3) is 5.91 Å². The van der Waals surface area contributed by atoms with Crippen molar-refractivity contribution in [3.8, 4) is 0 Å². The minimum absolute atomic E-state index is 0.113. The highest BCUT2D eigenvalue weighted by Crippen LogP contribution is 2.22. The van der Waals surface area contributed by atoms with E-state index in [9.17, 15) is 14.0 Å². The van der Waals surface area contributed by atoms with Crippen molar-refractivity contribution in [2.75, 3.05) is 11.1 Å². The van der Waals surface area contributed by atoms with Crippen LogP contribution in [-0.4, -0.2) is 32.3 Å². The molecule has 2 aromatic heterocycles. The maximum Gasteiger partial charge on any atom is 0.287 e. The molecule has 2 amide bonds. The molecule has 0 radical (unpaired) electrons. The lowest BCUT2D eigenvalue weighted by atomic mass is 10.2. The molecular weight excluding hydrogens is 409 g/mol. The molecule has 0 aliphatic heterocycles. The molecule has 0 bridgehead atoms. The van der Waals surface area contributed by atoms with Gasteiger partial charge in [0.2, 0.25) is 5.91 Å². The standard InChI is InChI=1S/C20H22FN5O3S/c1-4-26-18(13(3)22-19(28)16-6-5-9-29-16)24-25-20(26)30-11-17(27)23-15-8-7-14(21)10-12(15)2/h5-10,13H,4,11H2,1-3H3,(H,22,28)(H,23,27)/t13-/m0/s1. The van der Waals surface area contributed by atoms with Crippen LogP contribution in [0.3, 0.4) is 0 Å². The number of hydrogen-bond donors (Lipinski definition) is 2. The summed E-state index contributed by atoms with van der Waals surface area (Å²) in [6.07, 6.45) is 1.43. The van der Waals surface area contributed by atoms with Crippen molar-refractivity contribution in [1.29, 1.82) is 0 Å². The molecule has 0 saturated carbocycles. The fourth-order valence-corrected chi connectivity index (χ4v) is 3.66. The number of aromatic nitrogens is 3. The van der Waals surface area contributed by atoms with E-state index in [1.807, 2.05) is 11.5 Å². The van der Waals surface area contributed by atoms with Crippen LogP contribution in [0.2, 0.25) is 0 Å². The Kier molecular flexibility index (Phi) is 6.88. The average molecular weight is 431 g/mol. The molecule has 0 saturated heterocycles. The van der Waals surface area contributed by atoms with Crippen molar-refractivity contribution in [2.24, 2.45) is 0 Å². The summed E-state index contributed by atoms with van der Waals surface area (Å²) in [6.45, 7) is 6.03. The number of hydrogen-bond acceptors (Lipinski definition) is 6. The Bertz CT molecular complexity index is 1040. The summed E-state index contributed by atoms with van der Waals surface area (Å²) in [4.78, 5) is 24.5. The van der Waals surface area contributed by atoms with Gasteiger partial charge in [-0.25, -0.2) is 4.39 Å². The first-order valence-electron chi connectivity index (χ1n) is 9.35. The number of carbonyl (C=O) groups excluding carboxylic acids is 2. The van der Waals surface area contributed by atoms with Crippen LogP contribution in [0.1, 0.15) is 41.8 Å². The molecule has 0 fully saturated rings. The number of nitrogens with one attached hydrogen (secondary N) is 2. The SMILES string of the molecule is CCn1c(SCC(=O)Nc2ccc(F)cc2C)nnc1[C@H](C)NC(=O)c1ccco1. The molecule has 10 heteroatoms. The summed E-state index contributed by atoms with van der Waals surface area (Å²) in [5, 5.41) is 14.5. The lowest BCUT2D eigenvalue weighted by molar-refractivity contribution is -0.113. The molecule has 1 aromatic carbocycles. The van der Waals surface area contributed by atoms with Gasteiger partial charge in [-0.2, -0.15) is 0 Å². The van der Waals surface area contributed by atoms with Gasteiger partial charge < -0.3 is 19.6 Å². The summed E-state index contributed by atoms with van der Waals surface area (Å²) in [7, 11) is 0. The van der Waals surface area contributed by atoms with Gasteiger partial charge in [-0.15, -0.1) is 10.2 Å². The number of benzene rings is 1. The molecular formula is C20H22FN5O3S. The molecule has 1 atom stereocenters. The molecule has 2 N–H and O–H groups in total. The van der Waals surface area contributed by atoms with Gasteiger partial charge in [-0.3, -0.25) is 9.59 Å². The van der Waals surface area contributed by atoms with Gasteiger partial charge in [0.15, 0.2) is 16.7 Å². The molecule has 0 unspecified atom stereocenters. The van der Waals surface area contributed by atoms with E-state index in [0.717, 1.165) is 0 Å². The zero-order valence-electron chi connectivity index (χ0n) is 16.8. The first-order valence-corrected chi connectivity index (χ1v) is 10.3. The number of nitrogens with zero attached hydrogens (tertiary/aromatic N) is 3. The number of rotatable bonds is 8. The molecule has 0 spiro atoms. The van der Waals surface area contributed by atoms with Crippen LogP contribution in [0.5, 0.6) is 0 Å². The second kappa shape index (κ2) is 9.57. The Labute approximate surface area is 177 Å². The van der Waals surface area contributed by atoms with Crippen LogP contribution in [0, 0.1) is 12.7 Å². The van der Waals surface area contributed by atoms with E-state index in [4.69, 9.17) is 4.42 Å². The third-order valence-electron chi connectivity index (χ3n) is 4.34. The summed E-state index contributed by atoms with van der Waals surface area (Å²) in [5.41, 5.74) is 1.21. The molecule has 8 nitrogen and oxygen atoms in total. The van der Waals surface area contributed by atoms with Gasteiger partial charge in [-0.05, 0) is 56.7 Å². The molecule has 30 heavy (non-hydrogen) atoms. The van der Waals surface area contributed by atoms with E-state index in [1.165, 1.54) is 36.2 Å². The maximum absolute atomic E-state index is 13.2. The van der Waals surface area contributed by atoms with E-state index in [-0.39, 0.29) is 29.1 Å². The Morgan fingerprint density at radius 3 is 2.77 bits per heavy atom. The zero-order valence-corrected chi connectivity index (χ0v) is 17.6. The number of amides is 2. The third-order valence-corrected chi connectivity index (χ3v) is 5.30. The van der Waals surface area contributed by atoms with Gasteiger partial charge in [-0.1, -0.05) is 11.8 Å². The predicted octanol–water partition coefficient (Wildman–Crippen LogP) is 3.56. The highest BCUT2D eigenvalue weighted by molar-refractivity contribution is 7.99. The minimum atomic E-state index is -0.403. The van der Waals surface area contributed by atoms with Crippen LogP contribution < -0.4 is 10.6 Å². The smallest absolute Gasteiger partial charge is 0.287 e. The van der Waals surface area contributed by atoms with Crippen LogP contribution in [0.4, 0.5) is 10.1 Å². The highest BCUT2D eigenvalue weighted by atomic mass is 32.2. The van der Waals surface area contributed by atoms with E-state index >= 15 is 0 Å². The molecule has 158 valence electrons. The van der Waals surface area contributed by atoms with E-state index < -0.39 is 6.04 Å². The first-order chi connectivity index (χ1) is 14.4. The quantitative estimate of drug-likeness (QED) is 0.529. The Morgan fingerprint density at radius 1 is 1.30 bits per heavy atom. The lowest BCUT2D eigenvalue weighted by Gasteiger charge is -2.14. The van der Waals surface area contributed by atoms with Crippen LogP contribution in [0.25, 0.3) is 0 Å². The second-order valence-electron chi connectivity index (χ2n) is 6.55. The maximum atomic E-state index is 13.2. The summed E-state index contributed by atoms with van der Waals surface area (Å²) < 4.78 is 20.1. The second-order valence-corrected chi connectivity index (χ2v) is 7.50. The molecule has 2 heterocycles. The first kappa shape index (κ1) is 21.6. The Balaban J connectivity index is 1.62. The van der Waals surface area contributed by atoms with Crippen molar-refractivity contribution in [3.05, 3.63) is 59.6 Å². The van der Waals surface area contributed by atoms with Crippen molar-refractivity contribution < 1.29 is 18.4 Å². The minimum Gasteiger partial charge on any atom is -0.459 e. The fourth-order valence-electron chi connectivity index (χ4n) is 2.85. The van der Waals surface area contributed by atoms with Crippen molar-refractivity contribution >= 4 is 29.3 Å². The third kappa shape index (κ3) is 5.07. The van der Waals surface area contributed by atoms with E-state index in [0.29, 0.717) is 28.8 Å². The summed E-state index contributed by atoms with van der Waals surface area (Å²) in [5.74, 6) is -0.0251. The van der Waals surface area contributed by atoms with E-state index in [2.05, 4.69) is 20.8 Å². The molecule has 3 aromatic rings. The lowest BCUT2D eigenvalue weighted by Crippen LogP contribution is -2.28. The van der Waals surface area contributed by atoms with Crippen molar-refractivity contribution in [2.45, 2.75) is 38.5 Å². The van der Waals surface area contributed by atoms with Crippen LogP contribution >= 0.6 is 11.8 Å². The molecule has 3 rings (SSSR count). The van der Waals surface area contributed by atoms with Gasteiger partial charge in [0.1, 0.15) is 5.82 Å². The van der Waals surface area contributed by atoms with Crippen LogP contribution in [-0.2, 0) is 11.3 Å². The zero-order chi connectivity index (χ0) is 21.7.